The molecule has 5 nitrogen and oxygen atoms in total. The fourth-order valence-electron chi connectivity index (χ4n) is 2.66. The molecule has 0 aromatic carbocycles. The summed E-state index contributed by atoms with van der Waals surface area (Å²) in [6.45, 7) is 10.9. The number of carbonyl (C=O) groups is 1. The number of piperidine rings is 1. The molecule has 0 aliphatic carbocycles. The molecule has 19 heavy (non-hydrogen) atoms. The van der Waals surface area contributed by atoms with Gasteiger partial charge in [0.25, 0.3) is 0 Å². The van der Waals surface area contributed by atoms with Crippen molar-refractivity contribution in [3.63, 3.8) is 0 Å². The maximum Gasteiger partial charge on any atom is 0.303 e. The molecule has 5 heteroatoms. The van der Waals surface area contributed by atoms with Gasteiger partial charge in [0, 0.05) is 45.2 Å². The normalized spacial score (nSPS) is 25.5. The number of likely N-dealkylation sites (tertiary alicyclic amines) is 1. The molecule has 0 aromatic rings. The molecule has 4 N–H and O–H groups in total. The Labute approximate surface area is 116 Å². The van der Waals surface area contributed by atoms with Gasteiger partial charge in [0.2, 0.25) is 0 Å². The number of carboxylic acids is 1. The van der Waals surface area contributed by atoms with Gasteiger partial charge in [-0.2, -0.15) is 0 Å². The summed E-state index contributed by atoms with van der Waals surface area (Å²) in [5.41, 5.74) is 5.86. The van der Waals surface area contributed by atoms with Crippen molar-refractivity contribution in [1.82, 2.24) is 10.2 Å². The zero-order valence-electron chi connectivity index (χ0n) is 12.5. The van der Waals surface area contributed by atoms with Crippen molar-refractivity contribution in [3.05, 3.63) is 0 Å². The van der Waals surface area contributed by atoms with Gasteiger partial charge in [0.15, 0.2) is 0 Å². The zero-order valence-corrected chi connectivity index (χ0v) is 12.5. The van der Waals surface area contributed by atoms with E-state index in [1.807, 2.05) is 0 Å². The first-order valence-corrected chi connectivity index (χ1v) is 7.18. The highest BCUT2D eigenvalue weighted by molar-refractivity contribution is 5.67. The third-order valence-corrected chi connectivity index (χ3v) is 3.44. The molecule has 1 heterocycles. The van der Waals surface area contributed by atoms with Gasteiger partial charge in [-0.05, 0) is 17.8 Å². The first kappa shape index (κ1) is 16.4. The van der Waals surface area contributed by atoms with Crippen LogP contribution in [0.25, 0.3) is 0 Å². The van der Waals surface area contributed by atoms with Gasteiger partial charge < -0.3 is 21.1 Å². The predicted octanol–water partition coefficient (Wildman–Crippen LogP) is 0.746. The van der Waals surface area contributed by atoms with Gasteiger partial charge in [0.05, 0.1) is 0 Å². The highest BCUT2D eigenvalue weighted by Crippen LogP contribution is 2.21. The number of aliphatic carboxylic acids is 1. The summed E-state index contributed by atoms with van der Waals surface area (Å²) >= 11 is 0. The van der Waals surface area contributed by atoms with E-state index in [1.165, 1.54) is 0 Å². The van der Waals surface area contributed by atoms with Crippen LogP contribution < -0.4 is 11.1 Å². The smallest absolute Gasteiger partial charge is 0.303 e. The molecule has 0 radical (unpaired) electrons. The Kier molecular flexibility index (Phi) is 6.23. The van der Waals surface area contributed by atoms with Crippen molar-refractivity contribution in [3.8, 4) is 0 Å². The summed E-state index contributed by atoms with van der Waals surface area (Å²) in [4.78, 5) is 13.2. The standard InChI is InChI=1S/C14H29N3O2/c1-14(2,3)10-16-12-6-11(7-13(18)19)8-17(9-12)5-4-15/h11-12,16H,4-10,15H2,1-3H3,(H,18,19). The number of hydrogen-bond donors (Lipinski definition) is 3. The minimum absolute atomic E-state index is 0.232. The molecule has 1 aliphatic heterocycles. The topological polar surface area (TPSA) is 78.6 Å². The SMILES string of the molecule is CC(C)(C)CNC1CC(CC(=O)O)CN(CCN)C1. The maximum atomic E-state index is 10.9. The van der Waals surface area contributed by atoms with E-state index in [2.05, 4.69) is 31.0 Å². The average molecular weight is 271 g/mol. The first-order chi connectivity index (χ1) is 8.80. The fourth-order valence-corrected chi connectivity index (χ4v) is 2.66. The Morgan fingerprint density at radius 3 is 2.63 bits per heavy atom. The van der Waals surface area contributed by atoms with E-state index in [-0.39, 0.29) is 17.8 Å². The molecule has 2 unspecified atom stereocenters. The van der Waals surface area contributed by atoms with Crippen LogP contribution in [0.15, 0.2) is 0 Å². The van der Waals surface area contributed by atoms with E-state index in [1.54, 1.807) is 0 Å². The van der Waals surface area contributed by atoms with Gasteiger partial charge in [-0.3, -0.25) is 4.79 Å². The molecule has 0 saturated carbocycles. The Morgan fingerprint density at radius 1 is 1.42 bits per heavy atom. The second-order valence-electron chi connectivity index (χ2n) is 6.89. The number of hydrogen-bond acceptors (Lipinski definition) is 4. The summed E-state index contributed by atoms with van der Waals surface area (Å²) in [5, 5.41) is 12.5. The summed E-state index contributed by atoms with van der Waals surface area (Å²) in [6, 6.07) is 0.379. The third-order valence-electron chi connectivity index (χ3n) is 3.44. The number of carboxylic acid groups (broad SMARTS) is 1. The van der Waals surface area contributed by atoms with E-state index in [0.717, 1.165) is 32.6 Å². The van der Waals surface area contributed by atoms with Crippen molar-refractivity contribution >= 4 is 5.97 Å². The molecule has 1 aliphatic rings. The molecule has 112 valence electrons. The molecular formula is C14H29N3O2. The summed E-state index contributed by atoms with van der Waals surface area (Å²) in [6.07, 6.45) is 1.21. The molecule has 0 amide bonds. The van der Waals surface area contributed by atoms with Crippen LogP contribution in [0.1, 0.15) is 33.6 Å². The average Bonchev–Trinajstić information content (AvgIpc) is 2.24. The van der Waals surface area contributed by atoms with Crippen LogP contribution in [0.2, 0.25) is 0 Å². The Morgan fingerprint density at radius 2 is 2.11 bits per heavy atom. The Bertz CT molecular complexity index is 289. The van der Waals surface area contributed by atoms with Gasteiger partial charge in [0.1, 0.15) is 0 Å². The second kappa shape index (κ2) is 7.22. The van der Waals surface area contributed by atoms with Crippen LogP contribution in [0.4, 0.5) is 0 Å². The Hall–Kier alpha value is -0.650. The van der Waals surface area contributed by atoms with Gasteiger partial charge in [-0.15, -0.1) is 0 Å². The molecule has 2 atom stereocenters. The minimum atomic E-state index is -0.700. The highest BCUT2D eigenvalue weighted by atomic mass is 16.4. The van der Waals surface area contributed by atoms with Crippen LogP contribution in [0, 0.1) is 11.3 Å². The van der Waals surface area contributed by atoms with E-state index in [0.29, 0.717) is 12.6 Å². The molecule has 1 rings (SSSR count). The lowest BCUT2D eigenvalue weighted by Gasteiger charge is -2.38. The summed E-state index contributed by atoms with van der Waals surface area (Å²) in [7, 11) is 0. The largest absolute Gasteiger partial charge is 0.481 e. The number of rotatable bonds is 6. The predicted molar refractivity (Wildman–Crippen MR) is 77.1 cm³/mol. The molecule has 1 saturated heterocycles. The lowest BCUT2D eigenvalue weighted by atomic mass is 9.90. The quantitative estimate of drug-likeness (QED) is 0.664. The minimum Gasteiger partial charge on any atom is -0.481 e. The van der Waals surface area contributed by atoms with Crippen molar-refractivity contribution in [1.29, 1.82) is 0 Å². The van der Waals surface area contributed by atoms with Gasteiger partial charge in [-0.25, -0.2) is 0 Å². The van der Waals surface area contributed by atoms with Gasteiger partial charge in [-0.1, -0.05) is 20.8 Å². The van der Waals surface area contributed by atoms with Crippen LogP contribution >= 0.6 is 0 Å². The Balaban J connectivity index is 2.51. The van der Waals surface area contributed by atoms with Gasteiger partial charge >= 0.3 is 5.97 Å². The van der Waals surface area contributed by atoms with Crippen LogP contribution in [-0.2, 0) is 4.79 Å². The number of nitrogens with one attached hydrogen (secondary N) is 1. The summed E-state index contributed by atoms with van der Waals surface area (Å²) in [5.74, 6) is -0.468. The van der Waals surface area contributed by atoms with Crippen molar-refractivity contribution in [2.45, 2.75) is 39.7 Å². The van der Waals surface area contributed by atoms with Crippen LogP contribution in [0.3, 0.4) is 0 Å². The lowest BCUT2D eigenvalue weighted by Crippen LogP contribution is -2.52. The van der Waals surface area contributed by atoms with Crippen LogP contribution in [0.5, 0.6) is 0 Å². The molecule has 0 spiro atoms. The van der Waals surface area contributed by atoms with E-state index < -0.39 is 5.97 Å². The van der Waals surface area contributed by atoms with Crippen molar-refractivity contribution in [2.75, 3.05) is 32.7 Å². The van der Waals surface area contributed by atoms with E-state index >= 15 is 0 Å². The highest BCUT2D eigenvalue weighted by Gasteiger charge is 2.28. The van der Waals surface area contributed by atoms with Crippen molar-refractivity contribution < 1.29 is 9.90 Å². The monoisotopic (exact) mass is 271 g/mol. The second-order valence-corrected chi connectivity index (χ2v) is 6.89. The van der Waals surface area contributed by atoms with E-state index in [9.17, 15) is 4.79 Å². The molecular weight excluding hydrogens is 242 g/mol. The van der Waals surface area contributed by atoms with E-state index in [4.69, 9.17) is 10.8 Å². The number of nitrogens with two attached hydrogens (primary N) is 1. The lowest BCUT2D eigenvalue weighted by molar-refractivity contribution is -0.138. The summed E-state index contributed by atoms with van der Waals surface area (Å²) < 4.78 is 0. The number of nitrogens with zero attached hydrogens (tertiary/aromatic N) is 1. The zero-order chi connectivity index (χ0) is 14.5. The fraction of sp³-hybridized carbons (Fsp3) is 0.929. The first-order valence-electron chi connectivity index (χ1n) is 7.18. The molecule has 0 bridgehead atoms. The molecule has 0 aromatic heterocycles. The molecule has 1 fully saturated rings. The maximum absolute atomic E-state index is 10.9. The van der Waals surface area contributed by atoms with Crippen LogP contribution in [-0.4, -0.2) is 54.7 Å². The third kappa shape index (κ3) is 6.89. The van der Waals surface area contributed by atoms with Crippen molar-refractivity contribution in [2.24, 2.45) is 17.1 Å².